The zero-order chi connectivity index (χ0) is 14.0. The lowest BCUT2D eigenvalue weighted by molar-refractivity contribution is -0.122. The fourth-order valence-electron chi connectivity index (χ4n) is 2.17. The molecule has 2 rings (SSSR count). The first kappa shape index (κ1) is 13.3. The molecule has 0 saturated carbocycles. The van der Waals surface area contributed by atoms with E-state index in [4.69, 9.17) is 5.73 Å². The van der Waals surface area contributed by atoms with Gasteiger partial charge in [-0.2, -0.15) is 0 Å². The van der Waals surface area contributed by atoms with Crippen LogP contribution in [0.15, 0.2) is 18.2 Å². The summed E-state index contributed by atoms with van der Waals surface area (Å²) in [5.74, 6) is 5.15. The Kier molecular flexibility index (Phi) is 3.68. The Bertz CT molecular complexity index is 596. The summed E-state index contributed by atoms with van der Waals surface area (Å²) in [6.07, 6.45) is 0.274. The second-order valence-corrected chi connectivity index (χ2v) is 4.74. The van der Waals surface area contributed by atoms with Gasteiger partial charge < -0.3 is 5.73 Å². The maximum atomic E-state index is 12.0. The number of anilines is 1. The van der Waals surface area contributed by atoms with Crippen molar-refractivity contribution in [3.05, 3.63) is 29.3 Å². The number of imide groups is 1. The standard InChI is InChI=1S/C15H16N2O2/c1-10-6-12(4-3-5-16)9-13(7-10)17-14(18)8-11(2)15(17)19/h6-7,9,11H,5,8,16H2,1-2H3. The van der Waals surface area contributed by atoms with Gasteiger partial charge in [-0.3, -0.25) is 14.5 Å². The Balaban J connectivity index is 2.42. The van der Waals surface area contributed by atoms with E-state index < -0.39 is 0 Å². The molecule has 1 aliphatic rings. The molecule has 1 aliphatic heterocycles. The summed E-state index contributed by atoms with van der Waals surface area (Å²) in [5.41, 5.74) is 7.66. The van der Waals surface area contributed by atoms with Gasteiger partial charge in [0.05, 0.1) is 12.2 Å². The smallest absolute Gasteiger partial charge is 0.237 e. The fraction of sp³-hybridized carbons (Fsp3) is 0.333. The van der Waals surface area contributed by atoms with E-state index in [-0.39, 0.29) is 30.7 Å². The van der Waals surface area contributed by atoms with Gasteiger partial charge in [0.1, 0.15) is 0 Å². The summed E-state index contributed by atoms with van der Waals surface area (Å²) < 4.78 is 0. The summed E-state index contributed by atoms with van der Waals surface area (Å²) in [5, 5.41) is 0. The molecule has 0 radical (unpaired) electrons. The topological polar surface area (TPSA) is 63.4 Å². The lowest BCUT2D eigenvalue weighted by atomic mass is 10.1. The first-order chi connectivity index (χ1) is 9.02. The Hall–Kier alpha value is -2.12. The molecule has 0 aromatic heterocycles. The minimum absolute atomic E-state index is 0.145. The maximum absolute atomic E-state index is 12.0. The van der Waals surface area contributed by atoms with E-state index in [1.165, 1.54) is 4.90 Å². The van der Waals surface area contributed by atoms with Crippen LogP contribution in [0.5, 0.6) is 0 Å². The van der Waals surface area contributed by atoms with Gasteiger partial charge in [0.15, 0.2) is 0 Å². The summed E-state index contributed by atoms with van der Waals surface area (Å²) in [4.78, 5) is 25.1. The van der Waals surface area contributed by atoms with Gasteiger partial charge in [-0.1, -0.05) is 18.8 Å². The number of aryl methyl sites for hydroxylation is 1. The van der Waals surface area contributed by atoms with Crippen molar-refractivity contribution in [2.45, 2.75) is 20.3 Å². The van der Waals surface area contributed by atoms with Gasteiger partial charge in [-0.25, -0.2) is 0 Å². The van der Waals surface area contributed by atoms with Crippen LogP contribution in [0.2, 0.25) is 0 Å². The molecule has 1 aromatic carbocycles. The highest BCUT2D eigenvalue weighted by molar-refractivity contribution is 6.20. The van der Waals surface area contributed by atoms with Gasteiger partial charge in [0.2, 0.25) is 11.8 Å². The third kappa shape index (κ3) is 2.67. The molecular formula is C15H16N2O2. The molecule has 2 N–H and O–H groups in total. The number of hydrogen-bond acceptors (Lipinski definition) is 3. The number of benzene rings is 1. The fourth-order valence-corrected chi connectivity index (χ4v) is 2.17. The molecule has 2 amide bonds. The van der Waals surface area contributed by atoms with Crippen LogP contribution >= 0.6 is 0 Å². The molecule has 4 heteroatoms. The highest BCUT2D eigenvalue weighted by Crippen LogP contribution is 2.27. The molecule has 1 saturated heterocycles. The largest absolute Gasteiger partial charge is 0.320 e. The van der Waals surface area contributed by atoms with Crippen molar-refractivity contribution < 1.29 is 9.59 Å². The normalized spacial score (nSPS) is 18.5. The number of carbonyl (C=O) groups is 2. The number of carbonyl (C=O) groups excluding carboxylic acids is 2. The van der Waals surface area contributed by atoms with Gasteiger partial charge in [-0.05, 0) is 30.7 Å². The lowest BCUT2D eigenvalue weighted by Gasteiger charge is -2.15. The third-order valence-corrected chi connectivity index (χ3v) is 3.03. The van der Waals surface area contributed by atoms with E-state index >= 15 is 0 Å². The van der Waals surface area contributed by atoms with Crippen LogP contribution in [0.3, 0.4) is 0 Å². The van der Waals surface area contributed by atoms with Crippen molar-refractivity contribution in [3.8, 4) is 11.8 Å². The summed E-state index contributed by atoms with van der Waals surface area (Å²) >= 11 is 0. The van der Waals surface area contributed by atoms with Gasteiger partial charge in [-0.15, -0.1) is 0 Å². The molecular weight excluding hydrogens is 240 g/mol. The van der Waals surface area contributed by atoms with Crippen LogP contribution in [0.25, 0.3) is 0 Å². The van der Waals surface area contributed by atoms with Crippen LogP contribution in [0, 0.1) is 24.7 Å². The Morgan fingerprint density at radius 2 is 2.11 bits per heavy atom. The molecule has 19 heavy (non-hydrogen) atoms. The number of nitrogens with zero attached hydrogens (tertiary/aromatic N) is 1. The van der Waals surface area contributed by atoms with E-state index in [0.717, 1.165) is 11.1 Å². The Morgan fingerprint density at radius 1 is 1.37 bits per heavy atom. The number of rotatable bonds is 1. The van der Waals surface area contributed by atoms with Crippen molar-refractivity contribution in [2.24, 2.45) is 11.7 Å². The van der Waals surface area contributed by atoms with Crippen molar-refractivity contribution >= 4 is 17.5 Å². The molecule has 0 spiro atoms. The molecule has 4 nitrogen and oxygen atoms in total. The molecule has 1 fully saturated rings. The van der Waals surface area contributed by atoms with E-state index in [2.05, 4.69) is 11.8 Å². The van der Waals surface area contributed by atoms with Crippen LogP contribution in [-0.4, -0.2) is 18.4 Å². The second-order valence-electron chi connectivity index (χ2n) is 4.74. The first-order valence-corrected chi connectivity index (χ1v) is 6.20. The maximum Gasteiger partial charge on any atom is 0.237 e. The molecule has 0 aliphatic carbocycles. The van der Waals surface area contributed by atoms with E-state index in [9.17, 15) is 9.59 Å². The van der Waals surface area contributed by atoms with Crippen molar-refractivity contribution in [1.82, 2.24) is 0 Å². The molecule has 1 heterocycles. The average molecular weight is 256 g/mol. The highest BCUT2D eigenvalue weighted by Gasteiger charge is 2.36. The Morgan fingerprint density at radius 3 is 2.68 bits per heavy atom. The van der Waals surface area contributed by atoms with Crippen LogP contribution in [-0.2, 0) is 9.59 Å². The number of hydrogen-bond donors (Lipinski definition) is 1. The number of nitrogens with two attached hydrogens (primary N) is 1. The monoisotopic (exact) mass is 256 g/mol. The predicted octanol–water partition coefficient (Wildman–Crippen LogP) is 1.20. The summed E-state index contributed by atoms with van der Waals surface area (Å²) in [6, 6.07) is 5.48. The Labute approximate surface area is 112 Å². The summed E-state index contributed by atoms with van der Waals surface area (Å²) in [6.45, 7) is 3.96. The molecule has 1 unspecified atom stereocenters. The van der Waals surface area contributed by atoms with E-state index in [1.807, 2.05) is 19.1 Å². The third-order valence-electron chi connectivity index (χ3n) is 3.03. The zero-order valence-electron chi connectivity index (χ0n) is 11.1. The van der Waals surface area contributed by atoms with Crippen LogP contribution < -0.4 is 10.6 Å². The van der Waals surface area contributed by atoms with Crippen LogP contribution in [0.1, 0.15) is 24.5 Å². The molecule has 1 aromatic rings. The van der Waals surface area contributed by atoms with E-state index in [0.29, 0.717) is 5.69 Å². The van der Waals surface area contributed by atoms with E-state index in [1.54, 1.807) is 13.0 Å². The lowest BCUT2D eigenvalue weighted by Crippen LogP contribution is -2.30. The number of amides is 2. The van der Waals surface area contributed by atoms with Crippen molar-refractivity contribution in [1.29, 1.82) is 0 Å². The minimum atomic E-state index is -0.244. The zero-order valence-corrected chi connectivity index (χ0v) is 11.1. The predicted molar refractivity (Wildman–Crippen MR) is 73.4 cm³/mol. The SMILES string of the molecule is Cc1cc(C#CCN)cc(N2C(=O)CC(C)C2=O)c1. The van der Waals surface area contributed by atoms with Crippen molar-refractivity contribution in [2.75, 3.05) is 11.4 Å². The quantitative estimate of drug-likeness (QED) is 0.606. The van der Waals surface area contributed by atoms with Crippen molar-refractivity contribution in [3.63, 3.8) is 0 Å². The second kappa shape index (κ2) is 5.25. The molecule has 1 atom stereocenters. The molecule has 0 bridgehead atoms. The van der Waals surface area contributed by atoms with Gasteiger partial charge in [0.25, 0.3) is 0 Å². The minimum Gasteiger partial charge on any atom is -0.320 e. The van der Waals surface area contributed by atoms with Gasteiger partial charge >= 0.3 is 0 Å². The summed E-state index contributed by atoms with van der Waals surface area (Å²) in [7, 11) is 0. The average Bonchev–Trinajstić information content (AvgIpc) is 2.60. The highest BCUT2D eigenvalue weighted by atomic mass is 16.2. The molecule has 98 valence electrons. The van der Waals surface area contributed by atoms with Crippen LogP contribution in [0.4, 0.5) is 5.69 Å². The first-order valence-electron chi connectivity index (χ1n) is 6.20. The van der Waals surface area contributed by atoms with Gasteiger partial charge in [0, 0.05) is 17.9 Å².